The van der Waals surface area contributed by atoms with Crippen molar-refractivity contribution in [2.24, 2.45) is 5.73 Å². The first-order chi connectivity index (χ1) is 6.16. The Kier molecular flexibility index (Phi) is 2.06. The number of rotatable bonds is 1. The predicted octanol–water partition coefficient (Wildman–Crippen LogP) is 1.05. The van der Waals surface area contributed by atoms with Gasteiger partial charge in [-0.1, -0.05) is 0 Å². The highest BCUT2D eigenvalue weighted by atomic mass is 15.1. The molecule has 0 radical (unpaired) electrons. The van der Waals surface area contributed by atoms with E-state index in [0.29, 0.717) is 0 Å². The predicted molar refractivity (Wildman–Crippen MR) is 52.0 cm³/mol. The Morgan fingerprint density at radius 3 is 3.00 bits per heavy atom. The normalized spacial score (nSPS) is 18.7. The van der Waals surface area contributed by atoms with Crippen molar-refractivity contribution in [3.63, 3.8) is 0 Å². The second kappa shape index (κ2) is 3.09. The second-order valence-corrected chi connectivity index (χ2v) is 3.84. The van der Waals surface area contributed by atoms with Crippen molar-refractivity contribution in [3.8, 4) is 0 Å². The van der Waals surface area contributed by atoms with Gasteiger partial charge in [0.05, 0.1) is 5.69 Å². The molecule has 0 spiro atoms. The number of nitrogens with two attached hydrogens (primary N) is 1. The van der Waals surface area contributed by atoms with Crippen LogP contribution in [0.15, 0.2) is 12.3 Å². The Hall–Kier alpha value is -0.930. The molecule has 1 aromatic rings. The number of nitrogens with zero attached hydrogens (tertiary/aromatic N) is 2. The van der Waals surface area contributed by atoms with Crippen LogP contribution in [0.25, 0.3) is 0 Å². The molecular formula is C10H15N3. The summed E-state index contributed by atoms with van der Waals surface area (Å²) >= 11 is 0. The third kappa shape index (κ3) is 1.57. The van der Waals surface area contributed by atoms with E-state index in [2.05, 4.69) is 23.0 Å². The van der Waals surface area contributed by atoms with E-state index in [1.165, 1.54) is 11.3 Å². The highest BCUT2D eigenvalue weighted by Gasteiger charge is 2.17. The molecule has 3 nitrogen and oxygen atoms in total. The maximum Gasteiger partial charge on any atom is 0.0589 e. The Morgan fingerprint density at radius 2 is 2.31 bits per heavy atom. The molecule has 70 valence electrons. The van der Waals surface area contributed by atoms with E-state index in [-0.39, 0.29) is 6.04 Å². The van der Waals surface area contributed by atoms with Gasteiger partial charge in [0.25, 0.3) is 0 Å². The van der Waals surface area contributed by atoms with Crippen LogP contribution in [-0.2, 0) is 13.1 Å². The van der Waals surface area contributed by atoms with Gasteiger partial charge < -0.3 is 5.73 Å². The lowest BCUT2D eigenvalue weighted by Crippen LogP contribution is -2.07. The van der Waals surface area contributed by atoms with Gasteiger partial charge in [-0.2, -0.15) is 0 Å². The van der Waals surface area contributed by atoms with Crippen molar-refractivity contribution in [1.82, 2.24) is 9.88 Å². The monoisotopic (exact) mass is 177 g/mol. The van der Waals surface area contributed by atoms with Crippen LogP contribution in [-0.4, -0.2) is 16.9 Å². The number of fused-ring (bicyclic) bond motifs is 1. The van der Waals surface area contributed by atoms with Crippen LogP contribution in [0, 0.1) is 0 Å². The molecule has 0 aliphatic carbocycles. The third-order valence-corrected chi connectivity index (χ3v) is 2.47. The van der Waals surface area contributed by atoms with Gasteiger partial charge in [0.15, 0.2) is 0 Å². The van der Waals surface area contributed by atoms with E-state index < -0.39 is 0 Å². The largest absolute Gasteiger partial charge is 0.324 e. The van der Waals surface area contributed by atoms with Gasteiger partial charge in [0, 0.05) is 25.3 Å². The summed E-state index contributed by atoms with van der Waals surface area (Å²) in [7, 11) is 2.10. The van der Waals surface area contributed by atoms with Gasteiger partial charge in [-0.25, -0.2) is 0 Å². The molecule has 0 saturated carbocycles. The Labute approximate surface area is 78.6 Å². The lowest BCUT2D eigenvalue weighted by atomic mass is 10.1. The minimum atomic E-state index is 0.0868. The zero-order valence-electron chi connectivity index (χ0n) is 8.12. The summed E-state index contributed by atoms with van der Waals surface area (Å²) in [6, 6.07) is 2.26. The Balaban J connectivity index is 2.35. The lowest BCUT2D eigenvalue weighted by molar-refractivity contribution is 0.351. The van der Waals surface area contributed by atoms with Crippen LogP contribution in [0.2, 0.25) is 0 Å². The summed E-state index contributed by atoms with van der Waals surface area (Å²) in [4.78, 5) is 6.66. The van der Waals surface area contributed by atoms with Crippen molar-refractivity contribution in [3.05, 3.63) is 29.1 Å². The summed E-state index contributed by atoms with van der Waals surface area (Å²) in [6.45, 7) is 3.96. The van der Waals surface area contributed by atoms with Crippen LogP contribution < -0.4 is 5.73 Å². The van der Waals surface area contributed by atoms with E-state index in [4.69, 9.17) is 5.73 Å². The van der Waals surface area contributed by atoms with Crippen molar-refractivity contribution in [2.45, 2.75) is 26.1 Å². The highest BCUT2D eigenvalue weighted by Crippen LogP contribution is 2.21. The number of aromatic nitrogens is 1. The van der Waals surface area contributed by atoms with E-state index in [1.54, 1.807) is 0 Å². The minimum Gasteiger partial charge on any atom is -0.324 e. The molecule has 1 unspecified atom stereocenters. The molecule has 2 N–H and O–H groups in total. The summed E-state index contributed by atoms with van der Waals surface area (Å²) in [6.07, 6.45) is 1.89. The zero-order valence-corrected chi connectivity index (χ0v) is 8.12. The van der Waals surface area contributed by atoms with Gasteiger partial charge in [-0.05, 0) is 31.2 Å². The average molecular weight is 177 g/mol. The zero-order chi connectivity index (χ0) is 9.42. The summed E-state index contributed by atoms with van der Waals surface area (Å²) in [5.74, 6) is 0. The van der Waals surface area contributed by atoms with E-state index >= 15 is 0 Å². The fraction of sp³-hybridized carbons (Fsp3) is 0.500. The number of pyridine rings is 1. The maximum atomic E-state index is 5.79. The molecule has 0 bridgehead atoms. The lowest BCUT2D eigenvalue weighted by Gasteiger charge is -2.06. The van der Waals surface area contributed by atoms with Crippen molar-refractivity contribution in [2.75, 3.05) is 7.05 Å². The summed E-state index contributed by atoms with van der Waals surface area (Å²) in [5.41, 5.74) is 9.45. The Morgan fingerprint density at radius 1 is 1.54 bits per heavy atom. The first-order valence-electron chi connectivity index (χ1n) is 4.58. The average Bonchev–Trinajstić information content (AvgIpc) is 2.42. The van der Waals surface area contributed by atoms with Gasteiger partial charge in [0.2, 0.25) is 0 Å². The molecule has 0 saturated heterocycles. The number of hydrogen-bond donors (Lipinski definition) is 1. The molecule has 2 heterocycles. The van der Waals surface area contributed by atoms with Gasteiger partial charge in [0.1, 0.15) is 0 Å². The fourth-order valence-electron chi connectivity index (χ4n) is 1.69. The van der Waals surface area contributed by atoms with Gasteiger partial charge in [-0.3, -0.25) is 9.88 Å². The first kappa shape index (κ1) is 8.66. The van der Waals surface area contributed by atoms with Crippen molar-refractivity contribution >= 4 is 0 Å². The van der Waals surface area contributed by atoms with Crippen molar-refractivity contribution in [1.29, 1.82) is 0 Å². The molecule has 1 aliphatic heterocycles. The smallest absolute Gasteiger partial charge is 0.0589 e. The second-order valence-electron chi connectivity index (χ2n) is 3.84. The van der Waals surface area contributed by atoms with Crippen LogP contribution in [0.1, 0.15) is 29.8 Å². The Bertz CT molecular complexity index is 320. The summed E-state index contributed by atoms with van der Waals surface area (Å²) in [5, 5.41) is 0. The molecule has 0 fully saturated rings. The third-order valence-electron chi connectivity index (χ3n) is 2.47. The molecule has 1 atom stereocenters. The molecule has 13 heavy (non-hydrogen) atoms. The van der Waals surface area contributed by atoms with E-state index in [9.17, 15) is 0 Å². The number of hydrogen-bond acceptors (Lipinski definition) is 3. The molecule has 3 heteroatoms. The maximum absolute atomic E-state index is 5.79. The van der Waals surface area contributed by atoms with Gasteiger partial charge >= 0.3 is 0 Å². The molecular weight excluding hydrogens is 162 g/mol. The minimum absolute atomic E-state index is 0.0868. The molecule has 1 aliphatic rings. The molecule has 0 amide bonds. The molecule has 2 rings (SSSR count). The van der Waals surface area contributed by atoms with Crippen LogP contribution in [0.3, 0.4) is 0 Å². The fourth-order valence-corrected chi connectivity index (χ4v) is 1.69. The summed E-state index contributed by atoms with van der Waals surface area (Å²) < 4.78 is 0. The van der Waals surface area contributed by atoms with Gasteiger partial charge in [-0.15, -0.1) is 0 Å². The quantitative estimate of drug-likeness (QED) is 0.697. The van der Waals surface area contributed by atoms with E-state index in [1.807, 2.05) is 13.1 Å². The topological polar surface area (TPSA) is 42.1 Å². The van der Waals surface area contributed by atoms with Crippen LogP contribution >= 0.6 is 0 Å². The van der Waals surface area contributed by atoms with E-state index in [0.717, 1.165) is 18.7 Å². The molecule has 0 aromatic carbocycles. The SMILES string of the molecule is CC(N)c1cnc2c(c1)CN(C)C2. The standard InChI is InChI=1S/C10H15N3/c1-7(11)8-3-9-5-13(2)6-10(9)12-4-8/h3-4,7H,5-6,11H2,1-2H3. The van der Waals surface area contributed by atoms with Crippen LogP contribution in [0.5, 0.6) is 0 Å². The first-order valence-corrected chi connectivity index (χ1v) is 4.58. The van der Waals surface area contributed by atoms with Crippen molar-refractivity contribution < 1.29 is 0 Å². The molecule has 1 aromatic heterocycles. The van der Waals surface area contributed by atoms with Crippen LogP contribution in [0.4, 0.5) is 0 Å². The highest BCUT2D eigenvalue weighted by molar-refractivity contribution is 5.29.